The second kappa shape index (κ2) is 4.39. The van der Waals surface area contributed by atoms with Gasteiger partial charge in [-0.25, -0.2) is 0 Å². The smallest absolute Gasteiger partial charge is 0.192 e. The third-order valence-electron chi connectivity index (χ3n) is 2.83. The van der Waals surface area contributed by atoms with Crippen LogP contribution in [-0.4, -0.2) is 0 Å². The van der Waals surface area contributed by atoms with Crippen molar-refractivity contribution in [1.82, 2.24) is 0 Å². The topological polar surface area (TPSA) is 27.7 Å². The first kappa shape index (κ1) is 11.3. The molecule has 0 aliphatic heterocycles. The third kappa shape index (κ3) is 2.19. The zero-order valence-corrected chi connectivity index (χ0v) is 10.4. The fourth-order valence-electron chi connectivity index (χ4n) is 2.20. The van der Waals surface area contributed by atoms with E-state index in [9.17, 15) is 0 Å². The molecule has 17 heavy (non-hydrogen) atoms. The Bertz CT molecular complexity index is 566. The predicted octanol–water partition coefficient (Wildman–Crippen LogP) is 2.76. The quantitative estimate of drug-likeness (QED) is 0.683. The van der Waals surface area contributed by atoms with Crippen LogP contribution in [0.2, 0.25) is 0 Å². The Balaban J connectivity index is 2.57. The Labute approximate surface area is 102 Å². The van der Waals surface area contributed by atoms with Crippen molar-refractivity contribution in [3.8, 4) is 11.8 Å². The van der Waals surface area contributed by atoms with Gasteiger partial charge >= 0.3 is 0 Å². The minimum Gasteiger partial charge on any atom is -0.192 e. The molecule has 2 heteroatoms. The zero-order valence-electron chi connectivity index (χ0n) is 10.4. The molecule has 1 heterocycles. The van der Waals surface area contributed by atoms with Gasteiger partial charge in [0.25, 0.3) is 0 Å². The van der Waals surface area contributed by atoms with E-state index in [1.807, 2.05) is 24.3 Å². The minimum atomic E-state index is 0.691. The van der Waals surface area contributed by atoms with Crippen LogP contribution in [0.1, 0.15) is 22.5 Å². The molecule has 2 nitrogen and oxygen atoms in total. The summed E-state index contributed by atoms with van der Waals surface area (Å²) in [5.74, 6) is 0. The van der Waals surface area contributed by atoms with Gasteiger partial charge in [-0.3, -0.25) is 0 Å². The lowest BCUT2D eigenvalue weighted by molar-refractivity contribution is -0.609. The number of hydrogen-bond donors (Lipinski definition) is 0. The van der Waals surface area contributed by atoms with E-state index in [0.717, 1.165) is 5.69 Å². The van der Waals surface area contributed by atoms with E-state index in [2.05, 4.69) is 43.5 Å². The average Bonchev–Trinajstić information content (AvgIpc) is 2.28. The SMILES string of the molecule is Cc1cc(C)[n+](-c2ccc(C#N)cc2)c(C)c1. The molecule has 1 aromatic carbocycles. The van der Waals surface area contributed by atoms with Crippen LogP contribution in [0.15, 0.2) is 36.4 Å². The average molecular weight is 223 g/mol. The van der Waals surface area contributed by atoms with Gasteiger partial charge in [0.15, 0.2) is 11.4 Å². The van der Waals surface area contributed by atoms with Gasteiger partial charge in [0.05, 0.1) is 11.6 Å². The van der Waals surface area contributed by atoms with E-state index >= 15 is 0 Å². The van der Waals surface area contributed by atoms with Crippen molar-refractivity contribution in [3.63, 3.8) is 0 Å². The maximum Gasteiger partial charge on any atom is 0.211 e. The van der Waals surface area contributed by atoms with E-state index in [1.165, 1.54) is 17.0 Å². The van der Waals surface area contributed by atoms with Gasteiger partial charge in [-0.15, -0.1) is 0 Å². The van der Waals surface area contributed by atoms with Crippen LogP contribution in [0.3, 0.4) is 0 Å². The molecule has 0 atom stereocenters. The summed E-state index contributed by atoms with van der Waals surface area (Å²) in [6, 6.07) is 14.1. The van der Waals surface area contributed by atoms with Crippen molar-refractivity contribution in [1.29, 1.82) is 5.26 Å². The fraction of sp³-hybridized carbons (Fsp3) is 0.200. The number of nitrogens with zero attached hydrogens (tertiary/aromatic N) is 2. The van der Waals surface area contributed by atoms with Gasteiger partial charge in [-0.1, -0.05) is 0 Å². The minimum absolute atomic E-state index is 0.691. The lowest BCUT2D eigenvalue weighted by Gasteiger charge is -2.04. The molecule has 0 saturated heterocycles. The van der Waals surface area contributed by atoms with Crippen molar-refractivity contribution < 1.29 is 4.57 Å². The van der Waals surface area contributed by atoms with Crippen LogP contribution in [0.5, 0.6) is 0 Å². The van der Waals surface area contributed by atoms with E-state index < -0.39 is 0 Å². The van der Waals surface area contributed by atoms with Crippen LogP contribution in [0.4, 0.5) is 0 Å². The molecule has 0 aliphatic carbocycles. The summed E-state index contributed by atoms with van der Waals surface area (Å²) in [5.41, 5.74) is 5.46. The van der Waals surface area contributed by atoms with Gasteiger partial charge in [0, 0.05) is 38.1 Å². The summed E-state index contributed by atoms with van der Waals surface area (Å²) in [6.45, 7) is 6.29. The van der Waals surface area contributed by atoms with Crippen LogP contribution in [-0.2, 0) is 0 Å². The van der Waals surface area contributed by atoms with Crippen LogP contribution in [0.25, 0.3) is 5.69 Å². The summed E-state index contributed by atoms with van der Waals surface area (Å²) in [6.07, 6.45) is 0. The molecule has 2 rings (SSSR count). The number of benzene rings is 1. The molecule has 0 saturated carbocycles. The number of aryl methyl sites for hydroxylation is 3. The van der Waals surface area contributed by atoms with Crippen molar-refractivity contribution >= 4 is 0 Å². The van der Waals surface area contributed by atoms with Crippen molar-refractivity contribution in [2.24, 2.45) is 0 Å². The molecule has 0 fully saturated rings. The standard InChI is InChI=1S/C15H15N2/c1-11-8-12(2)17(13(3)9-11)15-6-4-14(10-16)5-7-15/h4-9H,1-3H3/q+1. The normalized spacial score (nSPS) is 10.0. The van der Waals surface area contributed by atoms with E-state index in [1.54, 1.807) is 0 Å². The first-order valence-electron chi connectivity index (χ1n) is 5.62. The Kier molecular flexibility index (Phi) is 2.93. The highest BCUT2D eigenvalue weighted by molar-refractivity contribution is 5.35. The first-order chi connectivity index (χ1) is 8.11. The molecule has 0 unspecified atom stereocenters. The highest BCUT2D eigenvalue weighted by Crippen LogP contribution is 2.08. The Hall–Kier alpha value is -2.14. The molecule has 0 aliphatic rings. The maximum atomic E-state index is 8.79. The number of rotatable bonds is 1. The highest BCUT2D eigenvalue weighted by Gasteiger charge is 2.14. The Morgan fingerprint density at radius 1 is 0.941 bits per heavy atom. The van der Waals surface area contributed by atoms with Crippen molar-refractivity contribution in [2.75, 3.05) is 0 Å². The van der Waals surface area contributed by atoms with Gasteiger partial charge < -0.3 is 0 Å². The monoisotopic (exact) mass is 223 g/mol. The summed E-state index contributed by atoms with van der Waals surface area (Å²) < 4.78 is 2.19. The maximum absolute atomic E-state index is 8.79. The van der Waals surface area contributed by atoms with Gasteiger partial charge in [0.1, 0.15) is 0 Å². The first-order valence-corrected chi connectivity index (χ1v) is 5.62. The third-order valence-corrected chi connectivity index (χ3v) is 2.83. The lowest BCUT2D eigenvalue weighted by Crippen LogP contribution is -2.37. The molecule has 2 aromatic rings. The number of nitriles is 1. The molecule has 0 bridgehead atoms. The van der Waals surface area contributed by atoms with Crippen molar-refractivity contribution in [3.05, 3.63) is 58.9 Å². The number of aromatic nitrogens is 1. The molecular weight excluding hydrogens is 208 g/mol. The Morgan fingerprint density at radius 3 is 1.94 bits per heavy atom. The molecule has 1 aromatic heterocycles. The summed E-state index contributed by atoms with van der Waals surface area (Å²) in [4.78, 5) is 0. The van der Waals surface area contributed by atoms with Gasteiger partial charge in [-0.2, -0.15) is 9.83 Å². The van der Waals surface area contributed by atoms with E-state index in [-0.39, 0.29) is 0 Å². The number of hydrogen-bond acceptors (Lipinski definition) is 1. The fourth-order valence-corrected chi connectivity index (χ4v) is 2.20. The molecule has 0 N–H and O–H groups in total. The highest BCUT2D eigenvalue weighted by atomic mass is 15.0. The van der Waals surface area contributed by atoms with Gasteiger partial charge in [-0.05, 0) is 24.6 Å². The molecule has 84 valence electrons. The zero-order chi connectivity index (χ0) is 12.4. The summed E-state index contributed by atoms with van der Waals surface area (Å²) in [7, 11) is 0. The van der Waals surface area contributed by atoms with Crippen LogP contribution < -0.4 is 4.57 Å². The molecule has 0 radical (unpaired) electrons. The van der Waals surface area contributed by atoms with Crippen molar-refractivity contribution in [2.45, 2.75) is 20.8 Å². The van der Waals surface area contributed by atoms with Crippen LogP contribution >= 0.6 is 0 Å². The summed E-state index contributed by atoms with van der Waals surface area (Å²) >= 11 is 0. The molecular formula is C15H15N2+. The summed E-state index contributed by atoms with van der Waals surface area (Å²) in [5, 5.41) is 8.79. The van der Waals surface area contributed by atoms with Crippen LogP contribution in [0, 0.1) is 32.1 Å². The second-order valence-electron chi connectivity index (χ2n) is 4.31. The van der Waals surface area contributed by atoms with E-state index in [0.29, 0.717) is 5.56 Å². The largest absolute Gasteiger partial charge is 0.211 e. The van der Waals surface area contributed by atoms with E-state index in [4.69, 9.17) is 5.26 Å². The number of pyridine rings is 1. The molecule has 0 amide bonds. The van der Waals surface area contributed by atoms with Gasteiger partial charge in [0.2, 0.25) is 5.69 Å². The lowest BCUT2D eigenvalue weighted by atomic mass is 10.1. The Morgan fingerprint density at radius 2 is 1.47 bits per heavy atom. The molecule has 0 spiro atoms. The predicted molar refractivity (Wildman–Crippen MR) is 66.9 cm³/mol. The second-order valence-corrected chi connectivity index (χ2v) is 4.31.